The van der Waals surface area contributed by atoms with Crippen LogP contribution in [-0.2, 0) is 20.0 Å². The second-order valence-electron chi connectivity index (χ2n) is 4.40. The number of hydrogen-bond acceptors (Lipinski definition) is 1. The summed E-state index contributed by atoms with van der Waals surface area (Å²) in [5.41, 5.74) is 4.04. The highest BCUT2D eigenvalue weighted by molar-refractivity contribution is 6.35. The van der Waals surface area contributed by atoms with Crippen LogP contribution in [0.2, 0.25) is 5.02 Å². The zero-order chi connectivity index (χ0) is 11.1. The maximum Gasteiger partial charge on any atom is 0.0672 e. The van der Waals surface area contributed by atoms with Crippen LogP contribution in [0.4, 0.5) is 0 Å². The highest BCUT2D eigenvalue weighted by Crippen LogP contribution is 2.32. The van der Waals surface area contributed by atoms with Crippen molar-refractivity contribution in [2.24, 2.45) is 7.05 Å². The average molecular weight is 235 g/mol. The number of fused-ring (bicyclic) bond motifs is 3. The van der Waals surface area contributed by atoms with Crippen molar-refractivity contribution < 1.29 is 0 Å². The summed E-state index contributed by atoms with van der Waals surface area (Å²) in [5, 5.41) is 5.64. The molecule has 1 N–H and O–H groups in total. The van der Waals surface area contributed by atoms with Crippen molar-refractivity contribution in [1.82, 2.24) is 9.88 Å². The topological polar surface area (TPSA) is 17.0 Å². The van der Waals surface area contributed by atoms with Crippen molar-refractivity contribution in [2.75, 3.05) is 6.54 Å². The molecule has 0 bridgehead atoms. The minimum atomic E-state index is 0.855. The van der Waals surface area contributed by atoms with Gasteiger partial charge in [-0.05, 0) is 31.0 Å². The van der Waals surface area contributed by atoms with Gasteiger partial charge in [0.15, 0.2) is 0 Å². The number of benzene rings is 1. The van der Waals surface area contributed by atoms with Crippen molar-refractivity contribution in [2.45, 2.75) is 19.4 Å². The fraction of sp³-hybridized carbons (Fsp3) is 0.385. The third kappa shape index (κ3) is 1.37. The molecule has 1 aromatic carbocycles. The van der Waals surface area contributed by atoms with Gasteiger partial charge in [-0.2, -0.15) is 0 Å². The Bertz CT molecular complexity index is 542. The molecular formula is C13H15ClN2. The van der Waals surface area contributed by atoms with E-state index in [0.29, 0.717) is 0 Å². The minimum Gasteiger partial charge on any atom is -0.345 e. The Hall–Kier alpha value is -0.990. The van der Waals surface area contributed by atoms with E-state index >= 15 is 0 Å². The van der Waals surface area contributed by atoms with Crippen LogP contribution in [0.15, 0.2) is 18.2 Å². The number of aromatic nitrogens is 1. The molecule has 0 fully saturated rings. The van der Waals surface area contributed by atoms with E-state index in [2.05, 4.69) is 23.0 Å². The van der Waals surface area contributed by atoms with Gasteiger partial charge in [-0.3, -0.25) is 0 Å². The van der Waals surface area contributed by atoms with E-state index in [-0.39, 0.29) is 0 Å². The lowest BCUT2D eigenvalue weighted by atomic mass is 10.1. The largest absolute Gasteiger partial charge is 0.345 e. The molecule has 0 spiro atoms. The highest BCUT2D eigenvalue weighted by Gasteiger charge is 2.17. The van der Waals surface area contributed by atoms with E-state index in [4.69, 9.17) is 11.6 Å². The molecule has 1 aliphatic heterocycles. The smallest absolute Gasteiger partial charge is 0.0672 e. The monoisotopic (exact) mass is 234 g/mol. The zero-order valence-electron chi connectivity index (χ0n) is 9.39. The fourth-order valence-electron chi connectivity index (χ4n) is 2.69. The Morgan fingerprint density at radius 3 is 3.12 bits per heavy atom. The minimum absolute atomic E-state index is 0.855. The summed E-state index contributed by atoms with van der Waals surface area (Å²) in [6, 6.07) is 6.20. The van der Waals surface area contributed by atoms with Crippen molar-refractivity contribution in [3.05, 3.63) is 34.5 Å². The van der Waals surface area contributed by atoms with Gasteiger partial charge in [0, 0.05) is 24.7 Å². The Labute approximate surface area is 100 Å². The van der Waals surface area contributed by atoms with Gasteiger partial charge in [-0.15, -0.1) is 0 Å². The van der Waals surface area contributed by atoms with Crippen LogP contribution in [0.3, 0.4) is 0 Å². The van der Waals surface area contributed by atoms with Gasteiger partial charge in [0.1, 0.15) is 0 Å². The number of nitrogens with zero attached hydrogens (tertiary/aromatic N) is 1. The number of nitrogens with one attached hydrogen (secondary N) is 1. The van der Waals surface area contributed by atoms with Crippen LogP contribution < -0.4 is 5.32 Å². The van der Waals surface area contributed by atoms with Crippen molar-refractivity contribution in [1.29, 1.82) is 0 Å². The van der Waals surface area contributed by atoms with Crippen molar-refractivity contribution in [3.63, 3.8) is 0 Å². The van der Waals surface area contributed by atoms with Crippen LogP contribution in [0, 0.1) is 0 Å². The van der Waals surface area contributed by atoms with E-state index in [9.17, 15) is 0 Å². The zero-order valence-corrected chi connectivity index (χ0v) is 10.1. The standard InChI is InChI=1S/C13H15ClN2/c1-16-12-8-15-7-3-5-9(12)10-4-2-6-11(14)13(10)16/h2,4,6,15H,3,5,7-8H2,1H3. The number of para-hydroxylation sites is 1. The van der Waals surface area contributed by atoms with Crippen LogP contribution in [0.1, 0.15) is 17.7 Å². The van der Waals surface area contributed by atoms with E-state index in [1.54, 1.807) is 0 Å². The molecule has 16 heavy (non-hydrogen) atoms. The van der Waals surface area contributed by atoms with Gasteiger partial charge >= 0.3 is 0 Å². The van der Waals surface area contributed by atoms with E-state index in [1.807, 2.05) is 12.1 Å². The SMILES string of the molecule is Cn1c2c(c3cccc(Cl)c31)CCCNC2. The molecule has 2 nitrogen and oxygen atoms in total. The Kier molecular flexibility index (Phi) is 2.41. The van der Waals surface area contributed by atoms with Gasteiger partial charge in [-0.1, -0.05) is 23.7 Å². The first kappa shape index (κ1) is 10.2. The number of aryl methyl sites for hydroxylation is 2. The lowest BCUT2D eigenvalue weighted by molar-refractivity contribution is 0.661. The summed E-state index contributed by atoms with van der Waals surface area (Å²) in [6.07, 6.45) is 2.36. The first-order valence-corrected chi connectivity index (χ1v) is 6.12. The quantitative estimate of drug-likeness (QED) is 0.742. The first-order chi connectivity index (χ1) is 7.79. The Balaban J connectivity index is 2.36. The van der Waals surface area contributed by atoms with E-state index < -0.39 is 0 Å². The van der Waals surface area contributed by atoms with E-state index in [0.717, 1.165) is 24.5 Å². The molecule has 2 heterocycles. The molecule has 0 aliphatic carbocycles. The Morgan fingerprint density at radius 1 is 1.38 bits per heavy atom. The number of rotatable bonds is 0. The molecule has 3 rings (SSSR count). The summed E-state index contributed by atoms with van der Waals surface area (Å²) in [4.78, 5) is 0. The molecular weight excluding hydrogens is 220 g/mol. The maximum atomic E-state index is 6.28. The lowest BCUT2D eigenvalue weighted by Gasteiger charge is -2.05. The highest BCUT2D eigenvalue weighted by atomic mass is 35.5. The lowest BCUT2D eigenvalue weighted by Crippen LogP contribution is -2.14. The average Bonchev–Trinajstić information content (AvgIpc) is 2.47. The summed E-state index contributed by atoms with van der Waals surface area (Å²) in [6.45, 7) is 2.06. The predicted molar refractivity (Wildman–Crippen MR) is 68.0 cm³/mol. The second-order valence-corrected chi connectivity index (χ2v) is 4.81. The summed E-state index contributed by atoms with van der Waals surface area (Å²) >= 11 is 6.28. The first-order valence-electron chi connectivity index (χ1n) is 5.74. The summed E-state index contributed by atoms with van der Waals surface area (Å²) in [5.74, 6) is 0. The predicted octanol–water partition coefficient (Wildman–Crippen LogP) is 2.87. The van der Waals surface area contributed by atoms with Gasteiger partial charge in [0.25, 0.3) is 0 Å². The molecule has 0 amide bonds. The molecule has 0 saturated heterocycles. The third-order valence-electron chi connectivity index (χ3n) is 3.47. The van der Waals surface area contributed by atoms with Gasteiger partial charge in [-0.25, -0.2) is 0 Å². The molecule has 84 valence electrons. The molecule has 3 heteroatoms. The van der Waals surface area contributed by atoms with Crippen molar-refractivity contribution >= 4 is 22.5 Å². The van der Waals surface area contributed by atoms with Crippen LogP contribution in [-0.4, -0.2) is 11.1 Å². The molecule has 0 saturated carbocycles. The maximum absolute atomic E-state index is 6.28. The molecule has 0 radical (unpaired) electrons. The van der Waals surface area contributed by atoms with Gasteiger partial charge in [0.2, 0.25) is 0 Å². The van der Waals surface area contributed by atoms with Crippen molar-refractivity contribution in [3.8, 4) is 0 Å². The van der Waals surface area contributed by atoms with Crippen LogP contribution in [0.5, 0.6) is 0 Å². The number of hydrogen-bond donors (Lipinski definition) is 1. The van der Waals surface area contributed by atoms with Gasteiger partial charge in [0.05, 0.1) is 10.5 Å². The van der Waals surface area contributed by atoms with Crippen LogP contribution in [0.25, 0.3) is 10.9 Å². The summed E-state index contributed by atoms with van der Waals surface area (Å²) in [7, 11) is 2.11. The van der Waals surface area contributed by atoms with Crippen LogP contribution >= 0.6 is 11.6 Å². The third-order valence-corrected chi connectivity index (χ3v) is 3.78. The fourth-order valence-corrected chi connectivity index (χ4v) is 3.00. The molecule has 0 unspecified atom stereocenters. The normalized spacial score (nSPS) is 16.1. The van der Waals surface area contributed by atoms with E-state index in [1.165, 1.54) is 28.6 Å². The molecule has 1 aromatic heterocycles. The van der Waals surface area contributed by atoms with Gasteiger partial charge < -0.3 is 9.88 Å². The second kappa shape index (κ2) is 3.79. The number of halogens is 1. The summed E-state index contributed by atoms with van der Waals surface area (Å²) < 4.78 is 2.24. The molecule has 0 atom stereocenters. The molecule has 1 aliphatic rings. The Morgan fingerprint density at radius 2 is 2.25 bits per heavy atom. The molecule has 2 aromatic rings.